The number of benzene rings is 2. The van der Waals surface area contributed by atoms with Gasteiger partial charge in [0.15, 0.2) is 0 Å². The van der Waals surface area contributed by atoms with Gasteiger partial charge in [-0.15, -0.1) is 0 Å². The summed E-state index contributed by atoms with van der Waals surface area (Å²) in [6, 6.07) is 16.8. The van der Waals surface area contributed by atoms with E-state index in [-0.39, 0.29) is 0 Å². The second-order valence-electron chi connectivity index (χ2n) is 9.71. The van der Waals surface area contributed by atoms with E-state index < -0.39 is 5.97 Å². The normalized spacial score (nSPS) is 22.8. The Morgan fingerprint density at radius 3 is 2.12 bits per heavy atom. The number of aromatic carboxylic acids is 1. The number of carboxylic acids is 1. The molecule has 0 spiro atoms. The molecular weight excluding hydrogens is 414 g/mol. The maximum absolute atomic E-state index is 11.1. The third kappa shape index (κ3) is 6.56. The number of piperazine rings is 1. The van der Waals surface area contributed by atoms with Crippen LogP contribution in [0, 0.1) is 5.92 Å². The highest BCUT2D eigenvalue weighted by Gasteiger charge is 2.29. The van der Waals surface area contributed by atoms with Gasteiger partial charge in [-0.05, 0) is 81.1 Å². The van der Waals surface area contributed by atoms with Crippen LogP contribution < -0.4 is 10.1 Å². The fourth-order valence-corrected chi connectivity index (χ4v) is 5.08. The van der Waals surface area contributed by atoms with Crippen molar-refractivity contribution in [1.82, 2.24) is 15.1 Å². The average Bonchev–Trinajstić information content (AvgIpc) is 2.82. The standard InChI is InChI=1S/C27H37N3O3/c1-20-15-29(17-22-3-7-25(8-4-22)27(31)32)16-21(2)30(20)18-23-5-9-26(10-6-23)33-19-24-11-13-28-14-12-24/h3-10,20-21,24,28H,11-19H2,1-2H3,(H,31,32)/t20-,21+. The molecule has 2 aromatic carbocycles. The molecule has 0 saturated carbocycles. The number of carboxylic acid groups (broad SMARTS) is 1. The van der Waals surface area contributed by atoms with E-state index in [0.29, 0.717) is 23.6 Å². The molecule has 2 atom stereocenters. The van der Waals surface area contributed by atoms with Gasteiger partial charge in [-0.25, -0.2) is 4.79 Å². The van der Waals surface area contributed by atoms with Crippen molar-refractivity contribution in [2.45, 2.75) is 51.9 Å². The van der Waals surface area contributed by atoms with Crippen LogP contribution in [0.15, 0.2) is 48.5 Å². The summed E-state index contributed by atoms with van der Waals surface area (Å²) in [5.74, 6) is 0.759. The first-order valence-electron chi connectivity index (χ1n) is 12.2. The quantitative estimate of drug-likeness (QED) is 0.636. The summed E-state index contributed by atoms with van der Waals surface area (Å²) in [5, 5.41) is 12.5. The third-order valence-electron chi connectivity index (χ3n) is 7.02. The molecule has 2 aromatic rings. The minimum atomic E-state index is -0.876. The number of nitrogens with one attached hydrogen (secondary N) is 1. The van der Waals surface area contributed by atoms with Crippen molar-refractivity contribution in [2.75, 3.05) is 32.8 Å². The molecule has 0 aliphatic carbocycles. The van der Waals surface area contributed by atoms with Gasteiger partial charge in [0.2, 0.25) is 0 Å². The van der Waals surface area contributed by atoms with Crippen molar-refractivity contribution < 1.29 is 14.6 Å². The van der Waals surface area contributed by atoms with Gasteiger partial charge in [-0.3, -0.25) is 9.80 Å². The summed E-state index contributed by atoms with van der Waals surface area (Å²) in [4.78, 5) is 16.1. The number of carbonyl (C=O) groups is 1. The topological polar surface area (TPSA) is 65.0 Å². The number of nitrogens with zero attached hydrogens (tertiary/aromatic N) is 2. The summed E-state index contributed by atoms with van der Waals surface area (Å²) in [7, 11) is 0. The molecule has 0 bridgehead atoms. The lowest BCUT2D eigenvalue weighted by Crippen LogP contribution is -2.55. The molecule has 178 valence electrons. The van der Waals surface area contributed by atoms with E-state index in [1.54, 1.807) is 12.1 Å². The van der Waals surface area contributed by atoms with Gasteiger partial charge < -0.3 is 15.2 Å². The SMILES string of the molecule is C[C@@H]1CN(Cc2ccc(C(=O)O)cc2)C[C@H](C)N1Cc1ccc(OCC2CCNCC2)cc1. The van der Waals surface area contributed by atoms with Crippen molar-refractivity contribution >= 4 is 5.97 Å². The minimum Gasteiger partial charge on any atom is -0.493 e. The summed E-state index contributed by atoms with van der Waals surface area (Å²) >= 11 is 0. The van der Waals surface area contributed by atoms with Crippen LogP contribution in [0.4, 0.5) is 0 Å². The molecule has 0 unspecified atom stereocenters. The average molecular weight is 452 g/mol. The molecule has 6 heteroatoms. The molecule has 2 saturated heterocycles. The van der Waals surface area contributed by atoms with E-state index in [1.165, 1.54) is 18.4 Å². The van der Waals surface area contributed by atoms with E-state index in [4.69, 9.17) is 9.84 Å². The Labute approximate surface area is 197 Å². The lowest BCUT2D eigenvalue weighted by molar-refractivity contribution is 0.0290. The van der Waals surface area contributed by atoms with Crippen molar-refractivity contribution in [3.05, 3.63) is 65.2 Å². The first-order valence-corrected chi connectivity index (χ1v) is 12.2. The minimum absolute atomic E-state index is 0.341. The van der Waals surface area contributed by atoms with E-state index in [0.717, 1.165) is 57.2 Å². The fraction of sp³-hybridized carbons (Fsp3) is 0.519. The maximum Gasteiger partial charge on any atom is 0.335 e. The number of hydrogen-bond donors (Lipinski definition) is 2. The number of ether oxygens (including phenoxy) is 1. The van der Waals surface area contributed by atoms with Gasteiger partial charge in [0.25, 0.3) is 0 Å². The second-order valence-corrected chi connectivity index (χ2v) is 9.71. The van der Waals surface area contributed by atoms with Gasteiger partial charge in [0, 0.05) is 38.3 Å². The summed E-state index contributed by atoms with van der Waals surface area (Å²) < 4.78 is 6.04. The van der Waals surface area contributed by atoms with Gasteiger partial charge in [-0.1, -0.05) is 24.3 Å². The monoisotopic (exact) mass is 451 g/mol. The molecule has 2 aliphatic rings. The van der Waals surface area contributed by atoms with E-state index in [2.05, 4.69) is 53.2 Å². The lowest BCUT2D eigenvalue weighted by atomic mass is 9.99. The smallest absolute Gasteiger partial charge is 0.335 e. The van der Waals surface area contributed by atoms with Crippen LogP contribution >= 0.6 is 0 Å². The second kappa shape index (κ2) is 11.1. The van der Waals surface area contributed by atoms with Crippen molar-refractivity contribution in [3.63, 3.8) is 0 Å². The predicted molar refractivity (Wildman–Crippen MR) is 131 cm³/mol. The summed E-state index contributed by atoms with van der Waals surface area (Å²) in [5.41, 5.74) is 2.82. The molecule has 0 aromatic heterocycles. The van der Waals surface area contributed by atoms with Gasteiger partial charge in [-0.2, -0.15) is 0 Å². The summed E-state index contributed by atoms with van der Waals surface area (Å²) in [6.45, 7) is 11.4. The highest BCUT2D eigenvalue weighted by atomic mass is 16.5. The Kier molecular flexibility index (Phi) is 8.02. The Morgan fingerprint density at radius 1 is 0.939 bits per heavy atom. The van der Waals surface area contributed by atoms with Crippen LogP contribution in [-0.4, -0.2) is 65.7 Å². The Bertz CT molecular complexity index is 882. The molecular formula is C27H37N3O3. The highest BCUT2D eigenvalue weighted by Crippen LogP contribution is 2.23. The molecule has 4 rings (SSSR count). The molecule has 6 nitrogen and oxygen atoms in total. The number of rotatable bonds is 8. The van der Waals surface area contributed by atoms with Gasteiger partial charge >= 0.3 is 5.97 Å². The Morgan fingerprint density at radius 2 is 1.52 bits per heavy atom. The highest BCUT2D eigenvalue weighted by molar-refractivity contribution is 5.87. The van der Waals surface area contributed by atoms with E-state index >= 15 is 0 Å². The maximum atomic E-state index is 11.1. The van der Waals surface area contributed by atoms with Gasteiger partial charge in [0.1, 0.15) is 5.75 Å². The lowest BCUT2D eigenvalue weighted by Gasteiger charge is -2.44. The van der Waals surface area contributed by atoms with Crippen LogP contribution in [0.1, 0.15) is 48.2 Å². The molecule has 0 amide bonds. The predicted octanol–water partition coefficient (Wildman–Crippen LogP) is 3.86. The zero-order chi connectivity index (χ0) is 23.2. The van der Waals surface area contributed by atoms with Gasteiger partial charge in [0.05, 0.1) is 12.2 Å². The molecule has 2 fully saturated rings. The van der Waals surface area contributed by atoms with Crippen molar-refractivity contribution in [1.29, 1.82) is 0 Å². The zero-order valence-corrected chi connectivity index (χ0v) is 19.9. The first kappa shape index (κ1) is 23.7. The molecule has 2 aliphatic heterocycles. The van der Waals surface area contributed by atoms with E-state index in [1.807, 2.05) is 12.1 Å². The zero-order valence-electron chi connectivity index (χ0n) is 19.9. The number of hydrogen-bond acceptors (Lipinski definition) is 5. The molecule has 2 heterocycles. The third-order valence-corrected chi connectivity index (χ3v) is 7.02. The summed E-state index contributed by atoms with van der Waals surface area (Å²) in [6.07, 6.45) is 2.40. The molecule has 2 N–H and O–H groups in total. The Hall–Kier alpha value is -2.41. The number of piperidine rings is 1. The van der Waals surface area contributed by atoms with Crippen LogP contribution in [0.3, 0.4) is 0 Å². The van der Waals surface area contributed by atoms with Crippen LogP contribution in [0.2, 0.25) is 0 Å². The van der Waals surface area contributed by atoms with Crippen molar-refractivity contribution in [3.8, 4) is 5.75 Å². The van der Waals surface area contributed by atoms with Crippen LogP contribution in [0.5, 0.6) is 5.75 Å². The molecule has 0 radical (unpaired) electrons. The Balaban J connectivity index is 1.27. The van der Waals surface area contributed by atoms with Crippen molar-refractivity contribution in [2.24, 2.45) is 5.92 Å². The van der Waals surface area contributed by atoms with E-state index in [9.17, 15) is 4.79 Å². The largest absolute Gasteiger partial charge is 0.493 e. The van der Waals surface area contributed by atoms with Crippen LogP contribution in [0.25, 0.3) is 0 Å². The fourth-order valence-electron chi connectivity index (χ4n) is 5.08. The van der Waals surface area contributed by atoms with Crippen LogP contribution in [-0.2, 0) is 13.1 Å². The molecule has 33 heavy (non-hydrogen) atoms. The first-order chi connectivity index (χ1) is 16.0.